The van der Waals surface area contributed by atoms with Crippen LogP contribution in [0.15, 0.2) is 24.3 Å². The summed E-state index contributed by atoms with van der Waals surface area (Å²) in [6, 6.07) is 8.31. The smallest absolute Gasteiger partial charge is 0.307 e. The number of rotatable bonds is 8. The third kappa shape index (κ3) is 6.29. The van der Waals surface area contributed by atoms with Crippen molar-refractivity contribution in [2.75, 3.05) is 13.2 Å². The first kappa shape index (κ1) is 18.2. The average molecular weight is 305 g/mol. The molecule has 0 saturated heterocycles. The van der Waals surface area contributed by atoms with E-state index in [1.165, 1.54) is 5.56 Å². The van der Waals surface area contributed by atoms with Crippen LogP contribution in [0.2, 0.25) is 0 Å². The normalized spacial score (nSPS) is 10.6. The summed E-state index contributed by atoms with van der Waals surface area (Å²) in [5, 5.41) is 0. The largest absolute Gasteiger partial charge is 0.466 e. The fourth-order valence-electron chi connectivity index (χ4n) is 2.27. The summed E-state index contributed by atoms with van der Waals surface area (Å²) in [5.41, 5.74) is 2.38. The van der Waals surface area contributed by atoms with E-state index in [4.69, 9.17) is 4.74 Å². The molecule has 0 fully saturated rings. The Balaban J connectivity index is 2.50. The Morgan fingerprint density at radius 2 is 1.77 bits per heavy atom. The van der Waals surface area contributed by atoms with Crippen molar-refractivity contribution in [2.45, 2.75) is 53.0 Å². The molecule has 1 rings (SSSR count). The Morgan fingerprint density at radius 1 is 1.14 bits per heavy atom. The van der Waals surface area contributed by atoms with E-state index in [2.05, 4.69) is 24.3 Å². The zero-order valence-electron chi connectivity index (χ0n) is 14.1. The standard InChI is InChI=1S/C18H27NO3/c1-5-22-18(21)12-13-19(14(2)3)17(20)11-10-16-8-6-15(4)7-9-16/h6-9,14H,5,10-13H2,1-4H3. The van der Waals surface area contributed by atoms with E-state index in [0.29, 0.717) is 19.6 Å². The van der Waals surface area contributed by atoms with Gasteiger partial charge >= 0.3 is 5.97 Å². The molecule has 0 unspecified atom stereocenters. The van der Waals surface area contributed by atoms with Crippen molar-refractivity contribution >= 4 is 11.9 Å². The Bertz CT molecular complexity index is 480. The minimum absolute atomic E-state index is 0.0832. The lowest BCUT2D eigenvalue weighted by Crippen LogP contribution is -2.38. The average Bonchev–Trinajstić information content (AvgIpc) is 2.46. The van der Waals surface area contributed by atoms with Crippen LogP contribution in [0, 0.1) is 6.92 Å². The molecular weight excluding hydrogens is 278 g/mol. The molecule has 0 radical (unpaired) electrons. The van der Waals surface area contributed by atoms with Gasteiger partial charge in [-0.3, -0.25) is 9.59 Å². The predicted molar refractivity (Wildman–Crippen MR) is 87.6 cm³/mol. The van der Waals surface area contributed by atoms with Crippen molar-refractivity contribution in [1.29, 1.82) is 0 Å². The highest BCUT2D eigenvalue weighted by molar-refractivity contribution is 5.77. The molecule has 4 heteroatoms. The number of carbonyl (C=O) groups is 2. The number of carbonyl (C=O) groups excluding carboxylic acids is 2. The van der Waals surface area contributed by atoms with Crippen molar-refractivity contribution in [3.05, 3.63) is 35.4 Å². The number of hydrogen-bond acceptors (Lipinski definition) is 3. The van der Waals surface area contributed by atoms with Crippen LogP contribution in [0.3, 0.4) is 0 Å². The van der Waals surface area contributed by atoms with Crippen molar-refractivity contribution in [3.8, 4) is 0 Å². The molecule has 0 aliphatic rings. The first-order chi connectivity index (χ1) is 10.4. The minimum Gasteiger partial charge on any atom is -0.466 e. The molecule has 0 bridgehead atoms. The second-order valence-corrected chi connectivity index (χ2v) is 5.72. The molecule has 0 aliphatic heterocycles. The highest BCUT2D eigenvalue weighted by atomic mass is 16.5. The van der Waals surface area contributed by atoms with Crippen LogP contribution in [0.25, 0.3) is 0 Å². The second-order valence-electron chi connectivity index (χ2n) is 5.72. The molecule has 1 aromatic carbocycles. The summed E-state index contributed by atoms with van der Waals surface area (Å²) in [6.45, 7) is 8.56. The van der Waals surface area contributed by atoms with Gasteiger partial charge in [0, 0.05) is 19.0 Å². The zero-order valence-corrected chi connectivity index (χ0v) is 14.1. The Hall–Kier alpha value is -1.84. The van der Waals surface area contributed by atoms with Crippen molar-refractivity contribution in [1.82, 2.24) is 4.90 Å². The van der Waals surface area contributed by atoms with E-state index in [0.717, 1.165) is 12.0 Å². The summed E-state index contributed by atoms with van der Waals surface area (Å²) in [6.07, 6.45) is 1.44. The topological polar surface area (TPSA) is 46.6 Å². The Kier molecular flexibility index (Phi) is 7.64. The summed E-state index contributed by atoms with van der Waals surface area (Å²) in [5.74, 6) is -0.167. The van der Waals surface area contributed by atoms with E-state index in [1.807, 2.05) is 20.8 Å². The van der Waals surface area contributed by atoms with Crippen LogP contribution in [0.5, 0.6) is 0 Å². The van der Waals surface area contributed by atoms with Crippen LogP contribution in [-0.2, 0) is 20.7 Å². The summed E-state index contributed by atoms with van der Waals surface area (Å²) >= 11 is 0. The molecule has 0 spiro atoms. The molecule has 0 heterocycles. The maximum atomic E-state index is 12.4. The molecular formula is C18H27NO3. The first-order valence-corrected chi connectivity index (χ1v) is 7.94. The molecule has 0 atom stereocenters. The van der Waals surface area contributed by atoms with E-state index in [9.17, 15) is 9.59 Å². The molecule has 122 valence electrons. The number of hydrogen-bond donors (Lipinski definition) is 0. The van der Waals surface area contributed by atoms with Gasteiger partial charge in [-0.05, 0) is 39.7 Å². The van der Waals surface area contributed by atoms with Gasteiger partial charge in [-0.25, -0.2) is 0 Å². The maximum Gasteiger partial charge on any atom is 0.307 e. The number of ether oxygens (including phenoxy) is 1. The third-order valence-corrected chi connectivity index (χ3v) is 3.55. The van der Waals surface area contributed by atoms with Crippen molar-refractivity contribution in [3.63, 3.8) is 0 Å². The Morgan fingerprint density at radius 3 is 2.32 bits per heavy atom. The van der Waals surface area contributed by atoms with Gasteiger partial charge in [0.25, 0.3) is 0 Å². The van der Waals surface area contributed by atoms with Crippen LogP contribution in [0.4, 0.5) is 0 Å². The van der Waals surface area contributed by atoms with Crippen molar-refractivity contribution < 1.29 is 14.3 Å². The lowest BCUT2D eigenvalue weighted by Gasteiger charge is -2.26. The van der Waals surface area contributed by atoms with Gasteiger partial charge in [-0.15, -0.1) is 0 Å². The van der Waals surface area contributed by atoms with Crippen LogP contribution in [0.1, 0.15) is 44.7 Å². The molecule has 22 heavy (non-hydrogen) atoms. The SMILES string of the molecule is CCOC(=O)CCN(C(=O)CCc1ccc(C)cc1)C(C)C. The quantitative estimate of drug-likeness (QED) is 0.693. The second kappa shape index (κ2) is 9.23. The van der Waals surface area contributed by atoms with E-state index < -0.39 is 0 Å². The predicted octanol–water partition coefficient (Wildman–Crippen LogP) is 3.12. The molecule has 1 amide bonds. The van der Waals surface area contributed by atoms with Crippen LogP contribution < -0.4 is 0 Å². The van der Waals surface area contributed by atoms with E-state index in [-0.39, 0.29) is 24.3 Å². The lowest BCUT2D eigenvalue weighted by molar-refractivity contribution is -0.144. The van der Waals surface area contributed by atoms with Gasteiger partial charge in [0.05, 0.1) is 13.0 Å². The fourth-order valence-corrected chi connectivity index (χ4v) is 2.27. The molecule has 0 aromatic heterocycles. The highest BCUT2D eigenvalue weighted by Gasteiger charge is 2.18. The summed E-state index contributed by atoms with van der Waals surface area (Å²) < 4.78 is 4.92. The Labute approximate surface area is 133 Å². The van der Waals surface area contributed by atoms with E-state index >= 15 is 0 Å². The molecule has 4 nitrogen and oxygen atoms in total. The third-order valence-electron chi connectivity index (χ3n) is 3.55. The first-order valence-electron chi connectivity index (χ1n) is 7.94. The van der Waals surface area contributed by atoms with Gasteiger partial charge in [0.2, 0.25) is 5.91 Å². The molecule has 0 saturated carbocycles. The lowest BCUT2D eigenvalue weighted by atomic mass is 10.1. The van der Waals surface area contributed by atoms with Gasteiger partial charge in [0.15, 0.2) is 0 Å². The van der Waals surface area contributed by atoms with Crippen molar-refractivity contribution in [2.24, 2.45) is 0 Å². The molecule has 1 aromatic rings. The van der Waals surface area contributed by atoms with Gasteiger partial charge in [0.1, 0.15) is 0 Å². The number of benzene rings is 1. The van der Waals surface area contributed by atoms with Gasteiger partial charge in [-0.1, -0.05) is 29.8 Å². The van der Waals surface area contributed by atoms with Gasteiger partial charge in [-0.2, -0.15) is 0 Å². The maximum absolute atomic E-state index is 12.4. The van der Waals surface area contributed by atoms with E-state index in [1.54, 1.807) is 11.8 Å². The number of esters is 1. The minimum atomic E-state index is -0.250. The summed E-state index contributed by atoms with van der Waals surface area (Å²) in [7, 11) is 0. The fraction of sp³-hybridized carbons (Fsp3) is 0.556. The number of amides is 1. The molecule has 0 N–H and O–H groups in total. The molecule has 0 aliphatic carbocycles. The number of aryl methyl sites for hydroxylation is 2. The van der Waals surface area contributed by atoms with Crippen LogP contribution in [-0.4, -0.2) is 36.0 Å². The monoisotopic (exact) mass is 305 g/mol. The zero-order chi connectivity index (χ0) is 16.5. The van der Waals surface area contributed by atoms with Gasteiger partial charge < -0.3 is 9.64 Å². The highest BCUT2D eigenvalue weighted by Crippen LogP contribution is 2.10. The van der Waals surface area contributed by atoms with Crippen LogP contribution >= 0.6 is 0 Å². The summed E-state index contributed by atoms with van der Waals surface area (Å²) in [4.78, 5) is 25.6. The number of nitrogens with zero attached hydrogens (tertiary/aromatic N) is 1.